The smallest absolute Gasteiger partial charge is 0.222 e. The maximum atomic E-state index is 12.3. The fraction of sp³-hybridized carbons (Fsp3) is 0.562. The molecule has 6 nitrogen and oxygen atoms in total. The second kappa shape index (κ2) is 7.46. The van der Waals surface area contributed by atoms with Crippen LogP contribution < -0.4 is 5.32 Å². The Morgan fingerprint density at radius 2 is 2.13 bits per heavy atom. The third-order valence-electron chi connectivity index (χ3n) is 3.90. The van der Waals surface area contributed by atoms with Crippen molar-refractivity contribution >= 4 is 28.5 Å². The van der Waals surface area contributed by atoms with Gasteiger partial charge in [-0.05, 0) is 41.0 Å². The quantitative estimate of drug-likeness (QED) is 0.719. The van der Waals surface area contributed by atoms with E-state index in [1.165, 1.54) is 0 Å². The molecule has 2 rings (SSSR count). The van der Waals surface area contributed by atoms with Crippen LogP contribution in [0.1, 0.15) is 32.9 Å². The highest BCUT2D eigenvalue weighted by molar-refractivity contribution is 14.1. The van der Waals surface area contributed by atoms with Crippen LogP contribution in [0.2, 0.25) is 0 Å². The van der Waals surface area contributed by atoms with Crippen LogP contribution in [0.3, 0.4) is 0 Å². The maximum absolute atomic E-state index is 12.3. The molecule has 0 aliphatic heterocycles. The molecule has 1 atom stereocenters. The van der Waals surface area contributed by atoms with Crippen LogP contribution in [-0.4, -0.2) is 31.5 Å². The van der Waals surface area contributed by atoms with E-state index in [0.29, 0.717) is 19.5 Å². The first-order chi connectivity index (χ1) is 10.8. The Balaban J connectivity index is 1.93. The Labute approximate surface area is 150 Å². The molecule has 1 N–H and O–H groups in total. The summed E-state index contributed by atoms with van der Waals surface area (Å²) in [6.45, 7) is 9.66. The predicted octanol–water partition coefficient (Wildman–Crippen LogP) is 2.61. The molecule has 0 spiro atoms. The molecule has 0 aliphatic carbocycles. The van der Waals surface area contributed by atoms with Gasteiger partial charge in [-0.1, -0.05) is 20.8 Å². The van der Waals surface area contributed by atoms with E-state index in [1.54, 1.807) is 6.20 Å². The van der Waals surface area contributed by atoms with E-state index in [-0.39, 0.29) is 17.4 Å². The number of aryl methyl sites for hydroxylation is 1. The normalized spacial score (nSPS) is 13.1. The molecule has 0 unspecified atom stereocenters. The zero-order valence-corrected chi connectivity index (χ0v) is 16.2. The molecular formula is C16H24IN5O. The average Bonchev–Trinajstić information content (AvgIpc) is 3.07. The number of amides is 1. The van der Waals surface area contributed by atoms with Gasteiger partial charge >= 0.3 is 0 Å². The van der Waals surface area contributed by atoms with Gasteiger partial charge in [-0.25, -0.2) is 0 Å². The minimum Gasteiger partial charge on any atom is -0.351 e. The molecule has 0 fully saturated rings. The fourth-order valence-electron chi connectivity index (χ4n) is 2.25. The molecule has 0 saturated heterocycles. The topological polar surface area (TPSA) is 64.7 Å². The summed E-state index contributed by atoms with van der Waals surface area (Å²) in [5.41, 5.74) is 1.06. The number of nitrogens with one attached hydrogen (secondary N) is 1. The molecule has 0 radical (unpaired) electrons. The van der Waals surface area contributed by atoms with Crippen LogP contribution in [0, 0.1) is 15.9 Å². The van der Waals surface area contributed by atoms with E-state index in [2.05, 4.69) is 58.9 Å². The molecule has 2 heterocycles. The molecule has 1 amide bonds. The lowest BCUT2D eigenvalue weighted by Crippen LogP contribution is -2.46. The molecule has 0 bridgehead atoms. The lowest BCUT2D eigenvalue weighted by molar-refractivity contribution is -0.123. The highest BCUT2D eigenvalue weighted by atomic mass is 127. The second-order valence-corrected chi connectivity index (χ2v) is 7.93. The van der Waals surface area contributed by atoms with E-state index < -0.39 is 0 Å². The summed E-state index contributed by atoms with van der Waals surface area (Å²) in [6.07, 6.45) is 5.91. The number of rotatable bonds is 6. The Morgan fingerprint density at radius 1 is 1.39 bits per heavy atom. The molecule has 2 aromatic rings. The number of carbonyl (C=O) groups is 1. The van der Waals surface area contributed by atoms with Gasteiger partial charge in [-0.3, -0.25) is 14.2 Å². The molecule has 2 aromatic heterocycles. The van der Waals surface area contributed by atoms with Crippen molar-refractivity contribution in [3.63, 3.8) is 0 Å². The monoisotopic (exact) mass is 429 g/mol. The summed E-state index contributed by atoms with van der Waals surface area (Å²) in [4.78, 5) is 12.3. The van der Waals surface area contributed by atoms with Crippen molar-refractivity contribution < 1.29 is 4.79 Å². The van der Waals surface area contributed by atoms with E-state index in [4.69, 9.17) is 0 Å². The fourth-order valence-corrected chi connectivity index (χ4v) is 2.66. The zero-order valence-electron chi connectivity index (χ0n) is 14.1. The summed E-state index contributed by atoms with van der Waals surface area (Å²) < 4.78 is 4.85. The molecule has 126 valence electrons. The van der Waals surface area contributed by atoms with Crippen molar-refractivity contribution in [1.82, 2.24) is 24.9 Å². The molecule has 7 heteroatoms. The van der Waals surface area contributed by atoms with Crippen LogP contribution >= 0.6 is 22.6 Å². The maximum Gasteiger partial charge on any atom is 0.222 e. The first-order valence-corrected chi connectivity index (χ1v) is 8.80. The molecule has 0 aliphatic rings. The number of carbonyl (C=O) groups excluding carboxylic acids is 1. The van der Waals surface area contributed by atoms with Gasteiger partial charge in [0.25, 0.3) is 0 Å². The molecular weight excluding hydrogens is 405 g/mol. The summed E-state index contributed by atoms with van der Waals surface area (Å²) >= 11 is 2.25. The standard InChI is InChI=1S/C16H24IN5O/c1-12-13(17)10-19-22(12)9-6-15(23)20-14(16(2,3)4)11-21-8-5-7-18-21/h5,7-8,10,14H,6,9,11H2,1-4H3,(H,20,23)/t14-/m0/s1. The Kier molecular flexibility index (Phi) is 5.83. The number of aromatic nitrogens is 4. The van der Waals surface area contributed by atoms with Gasteiger partial charge in [0.2, 0.25) is 5.91 Å². The minimum atomic E-state index is -0.0431. The van der Waals surface area contributed by atoms with Gasteiger partial charge in [0.15, 0.2) is 0 Å². The van der Waals surface area contributed by atoms with Crippen LogP contribution in [0.4, 0.5) is 0 Å². The van der Waals surface area contributed by atoms with E-state index in [9.17, 15) is 4.79 Å². The van der Waals surface area contributed by atoms with Gasteiger partial charge < -0.3 is 5.32 Å². The summed E-state index contributed by atoms with van der Waals surface area (Å²) in [5.74, 6) is 0.0435. The molecule has 0 aromatic carbocycles. The number of nitrogens with zero attached hydrogens (tertiary/aromatic N) is 4. The van der Waals surface area contributed by atoms with Crippen LogP contribution in [0.25, 0.3) is 0 Å². The Morgan fingerprint density at radius 3 is 2.65 bits per heavy atom. The minimum absolute atomic E-state index is 0.0220. The van der Waals surface area contributed by atoms with Crippen molar-refractivity contribution in [2.24, 2.45) is 5.41 Å². The second-order valence-electron chi connectivity index (χ2n) is 6.77. The largest absolute Gasteiger partial charge is 0.351 e. The highest BCUT2D eigenvalue weighted by Gasteiger charge is 2.26. The van der Waals surface area contributed by atoms with E-state index >= 15 is 0 Å². The van der Waals surface area contributed by atoms with Crippen molar-refractivity contribution in [3.8, 4) is 0 Å². The molecule has 0 saturated carbocycles. The van der Waals surface area contributed by atoms with E-state index in [1.807, 2.05) is 34.7 Å². The van der Waals surface area contributed by atoms with Crippen LogP contribution in [-0.2, 0) is 17.9 Å². The lowest BCUT2D eigenvalue weighted by Gasteiger charge is -2.31. The van der Waals surface area contributed by atoms with Crippen molar-refractivity contribution in [2.45, 2.75) is 53.2 Å². The van der Waals surface area contributed by atoms with Crippen LogP contribution in [0.15, 0.2) is 24.7 Å². The third kappa shape index (κ3) is 5.05. The average molecular weight is 429 g/mol. The zero-order chi connectivity index (χ0) is 17.0. The summed E-state index contributed by atoms with van der Waals surface area (Å²) in [5, 5.41) is 11.7. The Hall–Kier alpha value is -1.38. The highest BCUT2D eigenvalue weighted by Crippen LogP contribution is 2.21. The van der Waals surface area contributed by atoms with Gasteiger partial charge in [-0.2, -0.15) is 10.2 Å². The SMILES string of the molecule is Cc1c(I)cnn1CCC(=O)N[C@@H](Cn1cccn1)C(C)(C)C. The number of hydrogen-bond acceptors (Lipinski definition) is 3. The van der Waals surface area contributed by atoms with Gasteiger partial charge in [-0.15, -0.1) is 0 Å². The first kappa shape index (κ1) is 18.0. The van der Waals surface area contributed by atoms with Gasteiger partial charge in [0.05, 0.1) is 22.4 Å². The van der Waals surface area contributed by atoms with Gasteiger partial charge in [0.1, 0.15) is 0 Å². The summed E-state index contributed by atoms with van der Waals surface area (Å²) in [6, 6.07) is 1.91. The van der Waals surface area contributed by atoms with Crippen molar-refractivity contribution in [3.05, 3.63) is 33.9 Å². The van der Waals surface area contributed by atoms with Crippen molar-refractivity contribution in [1.29, 1.82) is 0 Å². The first-order valence-electron chi connectivity index (χ1n) is 7.72. The van der Waals surface area contributed by atoms with E-state index in [0.717, 1.165) is 9.26 Å². The lowest BCUT2D eigenvalue weighted by atomic mass is 9.86. The predicted molar refractivity (Wildman–Crippen MR) is 97.9 cm³/mol. The number of hydrogen-bond donors (Lipinski definition) is 1. The Bertz CT molecular complexity index is 642. The van der Waals surface area contributed by atoms with Crippen molar-refractivity contribution in [2.75, 3.05) is 0 Å². The molecule has 23 heavy (non-hydrogen) atoms. The third-order valence-corrected chi connectivity index (χ3v) is 4.96. The summed E-state index contributed by atoms with van der Waals surface area (Å²) in [7, 11) is 0. The van der Waals surface area contributed by atoms with Crippen LogP contribution in [0.5, 0.6) is 0 Å². The van der Waals surface area contributed by atoms with Gasteiger partial charge in [0, 0.05) is 31.1 Å². The number of halogens is 1.